The van der Waals surface area contributed by atoms with Gasteiger partial charge in [-0.1, -0.05) is 23.9 Å². The van der Waals surface area contributed by atoms with Crippen LogP contribution >= 0.6 is 23.1 Å². The van der Waals surface area contributed by atoms with Crippen LogP contribution in [0, 0.1) is 0 Å². The van der Waals surface area contributed by atoms with E-state index in [4.69, 9.17) is 0 Å². The number of carbonyl (C=O) groups excluding carboxylic acids is 2. The van der Waals surface area contributed by atoms with E-state index in [0.717, 1.165) is 32.2 Å². The molecule has 1 unspecified atom stereocenters. The second-order valence-electron chi connectivity index (χ2n) is 6.34. The number of nitrogens with zero attached hydrogens (tertiary/aromatic N) is 2. The van der Waals surface area contributed by atoms with Crippen molar-refractivity contribution in [3.63, 3.8) is 0 Å². The lowest BCUT2D eigenvalue weighted by Crippen LogP contribution is -2.25. The molecule has 3 aromatic rings. The average Bonchev–Trinajstić information content (AvgIpc) is 3.23. The maximum Gasteiger partial charge on any atom is 0.223 e. The van der Waals surface area contributed by atoms with E-state index in [2.05, 4.69) is 4.98 Å². The summed E-state index contributed by atoms with van der Waals surface area (Å²) in [6.45, 7) is 4.19. The number of hydrogen-bond donors (Lipinski definition) is 0. The lowest BCUT2D eigenvalue weighted by Gasteiger charge is -2.15. The third-order valence-electron chi connectivity index (χ3n) is 4.56. The molecule has 26 heavy (non-hydrogen) atoms. The molecule has 0 aliphatic carbocycles. The number of benzene rings is 2. The first kappa shape index (κ1) is 17.2. The molecular weight excluding hydrogens is 364 g/mol. The number of thioether (sulfide) groups is 1. The van der Waals surface area contributed by atoms with Crippen molar-refractivity contribution in [2.24, 2.45) is 0 Å². The van der Waals surface area contributed by atoms with Gasteiger partial charge in [-0.25, -0.2) is 4.98 Å². The molecule has 0 spiro atoms. The van der Waals surface area contributed by atoms with E-state index in [-0.39, 0.29) is 16.9 Å². The Morgan fingerprint density at radius 1 is 1.23 bits per heavy atom. The lowest BCUT2D eigenvalue weighted by molar-refractivity contribution is -0.116. The summed E-state index contributed by atoms with van der Waals surface area (Å²) in [5, 5.41) is -0.209. The van der Waals surface area contributed by atoms with Crippen LogP contribution in [-0.4, -0.2) is 28.5 Å². The molecule has 0 radical (unpaired) electrons. The molecule has 1 aliphatic heterocycles. The maximum atomic E-state index is 12.9. The average molecular weight is 383 g/mol. The summed E-state index contributed by atoms with van der Waals surface area (Å²) in [6.07, 6.45) is 0.801. The summed E-state index contributed by atoms with van der Waals surface area (Å²) in [7, 11) is 0. The summed E-state index contributed by atoms with van der Waals surface area (Å²) >= 11 is 3.12. The van der Waals surface area contributed by atoms with Gasteiger partial charge in [0.2, 0.25) is 5.91 Å². The minimum absolute atomic E-state index is 0.0441. The number of amides is 1. The van der Waals surface area contributed by atoms with Crippen LogP contribution in [0.2, 0.25) is 0 Å². The largest absolute Gasteiger partial charge is 0.312 e. The van der Waals surface area contributed by atoms with Crippen LogP contribution in [-0.2, 0) is 11.2 Å². The van der Waals surface area contributed by atoms with Crippen molar-refractivity contribution in [1.29, 1.82) is 0 Å². The van der Waals surface area contributed by atoms with Gasteiger partial charge in [-0.3, -0.25) is 9.59 Å². The summed E-state index contributed by atoms with van der Waals surface area (Å²) in [5.74, 6) is 0.140. The molecule has 4 rings (SSSR count). The fourth-order valence-corrected chi connectivity index (χ4v) is 5.51. The number of para-hydroxylation sites is 1. The maximum absolute atomic E-state index is 12.9. The Kier molecular flexibility index (Phi) is 4.54. The molecule has 0 fully saturated rings. The standard InChI is InChI=1S/C20H18N2O2S2/c1-12(25-20-21-16-5-3-4-6-18(16)26-20)19(24)15-7-8-17-14(11-15)9-10-22(17)13(2)23/h3-8,11-12H,9-10H2,1-2H3. The predicted molar refractivity (Wildman–Crippen MR) is 107 cm³/mol. The quantitative estimate of drug-likeness (QED) is 0.490. The van der Waals surface area contributed by atoms with Gasteiger partial charge in [0.15, 0.2) is 10.1 Å². The Morgan fingerprint density at radius 2 is 2.04 bits per heavy atom. The van der Waals surface area contributed by atoms with Gasteiger partial charge in [0, 0.05) is 24.7 Å². The number of fused-ring (bicyclic) bond motifs is 2. The van der Waals surface area contributed by atoms with E-state index in [1.165, 1.54) is 11.8 Å². The molecular formula is C20H18N2O2S2. The first-order chi connectivity index (χ1) is 12.5. The van der Waals surface area contributed by atoms with Crippen molar-refractivity contribution in [1.82, 2.24) is 4.98 Å². The van der Waals surface area contributed by atoms with Crippen LogP contribution in [0.15, 0.2) is 46.8 Å². The molecule has 0 saturated heterocycles. The minimum Gasteiger partial charge on any atom is -0.312 e. The fourth-order valence-electron chi connectivity index (χ4n) is 3.22. The van der Waals surface area contributed by atoms with Crippen molar-refractivity contribution < 1.29 is 9.59 Å². The van der Waals surface area contributed by atoms with Gasteiger partial charge in [-0.05, 0) is 49.2 Å². The Balaban J connectivity index is 1.53. The van der Waals surface area contributed by atoms with Gasteiger partial charge in [-0.2, -0.15) is 0 Å². The highest BCUT2D eigenvalue weighted by molar-refractivity contribution is 8.02. The number of aromatic nitrogens is 1. The summed E-state index contributed by atoms with van der Waals surface area (Å²) in [6, 6.07) is 13.7. The second kappa shape index (κ2) is 6.85. The molecule has 1 aromatic heterocycles. The first-order valence-electron chi connectivity index (χ1n) is 8.50. The van der Waals surface area contributed by atoms with E-state index in [1.807, 2.05) is 49.4 Å². The third-order valence-corrected chi connectivity index (χ3v) is 6.79. The number of thiazole rings is 1. The Morgan fingerprint density at radius 3 is 2.81 bits per heavy atom. The molecule has 2 heterocycles. The van der Waals surface area contributed by atoms with Crippen LogP contribution in [0.3, 0.4) is 0 Å². The highest BCUT2D eigenvalue weighted by Gasteiger charge is 2.25. The molecule has 1 aliphatic rings. The van der Waals surface area contributed by atoms with Gasteiger partial charge < -0.3 is 4.90 Å². The molecule has 6 heteroatoms. The number of ketones is 1. The third kappa shape index (κ3) is 3.15. The van der Waals surface area contributed by atoms with Crippen LogP contribution in [0.1, 0.15) is 29.8 Å². The Labute approximate surface area is 160 Å². The van der Waals surface area contributed by atoms with Crippen LogP contribution in [0.25, 0.3) is 10.2 Å². The van der Waals surface area contributed by atoms with Crippen molar-refractivity contribution in [3.05, 3.63) is 53.6 Å². The highest BCUT2D eigenvalue weighted by atomic mass is 32.2. The summed E-state index contributed by atoms with van der Waals surface area (Å²) in [5.41, 5.74) is 3.68. The zero-order chi connectivity index (χ0) is 18.3. The van der Waals surface area contributed by atoms with Gasteiger partial charge in [0.1, 0.15) is 0 Å². The number of carbonyl (C=O) groups is 2. The Bertz CT molecular complexity index is 979. The van der Waals surface area contributed by atoms with Crippen LogP contribution in [0.4, 0.5) is 5.69 Å². The van der Waals surface area contributed by atoms with Gasteiger partial charge in [-0.15, -0.1) is 11.3 Å². The molecule has 132 valence electrons. The normalized spacial score (nSPS) is 14.5. The number of rotatable bonds is 4. The monoisotopic (exact) mass is 382 g/mol. The van der Waals surface area contributed by atoms with E-state index >= 15 is 0 Å². The zero-order valence-corrected chi connectivity index (χ0v) is 16.2. The van der Waals surface area contributed by atoms with E-state index in [0.29, 0.717) is 12.1 Å². The first-order valence-corrected chi connectivity index (χ1v) is 10.2. The molecule has 2 aromatic carbocycles. The van der Waals surface area contributed by atoms with E-state index < -0.39 is 0 Å². The highest BCUT2D eigenvalue weighted by Crippen LogP contribution is 2.34. The van der Waals surface area contributed by atoms with Crippen LogP contribution in [0.5, 0.6) is 0 Å². The van der Waals surface area contributed by atoms with Gasteiger partial charge in [0.05, 0.1) is 15.5 Å². The summed E-state index contributed by atoms with van der Waals surface area (Å²) in [4.78, 5) is 30.9. The molecule has 4 nitrogen and oxygen atoms in total. The smallest absolute Gasteiger partial charge is 0.223 e. The van der Waals surface area contributed by atoms with E-state index in [1.54, 1.807) is 23.2 Å². The predicted octanol–water partition coefficient (Wildman–Crippen LogP) is 4.57. The lowest BCUT2D eigenvalue weighted by atomic mass is 10.0. The summed E-state index contributed by atoms with van der Waals surface area (Å²) < 4.78 is 2.05. The number of hydrogen-bond acceptors (Lipinski definition) is 5. The van der Waals surface area contributed by atoms with Gasteiger partial charge in [0.25, 0.3) is 0 Å². The minimum atomic E-state index is -0.209. The van der Waals surface area contributed by atoms with Crippen LogP contribution < -0.4 is 4.90 Å². The fraction of sp³-hybridized carbons (Fsp3) is 0.250. The zero-order valence-electron chi connectivity index (χ0n) is 14.6. The Hall–Kier alpha value is -2.18. The number of Topliss-reactive ketones (excluding diaryl/α,β-unsaturated/α-hetero) is 1. The second-order valence-corrected chi connectivity index (χ2v) is 8.95. The molecule has 0 N–H and O–H groups in total. The van der Waals surface area contributed by atoms with Crippen molar-refractivity contribution in [2.45, 2.75) is 29.9 Å². The van der Waals surface area contributed by atoms with E-state index in [9.17, 15) is 9.59 Å². The van der Waals surface area contributed by atoms with Crippen molar-refractivity contribution in [2.75, 3.05) is 11.4 Å². The molecule has 0 saturated carbocycles. The molecule has 1 atom stereocenters. The topological polar surface area (TPSA) is 50.3 Å². The van der Waals surface area contributed by atoms with Crippen molar-refractivity contribution >= 4 is 50.7 Å². The van der Waals surface area contributed by atoms with Crippen molar-refractivity contribution in [3.8, 4) is 0 Å². The SMILES string of the molecule is CC(=O)N1CCc2cc(C(=O)C(C)Sc3nc4ccccc4s3)ccc21. The van der Waals surface area contributed by atoms with Gasteiger partial charge >= 0.3 is 0 Å². The number of anilines is 1. The molecule has 0 bridgehead atoms. The molecule has 1 amide bonds.